The van der Waals surface area contributed by atoms with Gasteiger partial charge in [0.05, 0.1) is 11.7 Å². The Kier molecular flexibility index (Phi) is 5.46. The Labute approximate surface area is 185 Å². The molecule has 2 aromatic carbocycles. The van der Waals surface area contributed by atoms with Gasteiger partial charge in [-0.1, -0.05) is 12.1 Å². The number of halogens is 1. The first-order valence-corrected chi connectivity index (χ1v) is 10.8. The Balaban J connectivity index is 1.16. The molecule has 3 heterocycles. The van der Waals surface area contributed by atoms with E-state index in [2.05, 4.69) is 5.32 Å². The van der Waals surface area contributed by atoms with Crippen LogP contribution in [-0.2, 0) is 4.79 Å². The number of para-hydroxylation sites is 1. The van der Waals surface area contributed by atoms with Crippen LogP contribution in [0.25, 0.3) is 0 Å². The van der Waals surface area contributed by atoms with Crippen molar-refractivity contribution in [3.05, 3.63) is 48.3 Å². The van der Waals surface area contributed by atoms with E-state index >= 15 is 0 Å². The molecule has 2 fully saturated rings. The normalized spacial score (nSPS) is 20.5. The van der Waals surface area contributed by atoms with Crippen molar-refractivity contribution in [3.8, 4) is 11.5 Å². The zero-order valence-corrected chi connectivity index (χ0v) is 17.6. The summed E-state index contributed by atoms with van der Waals surface area (Å²) in [5, 5.41) is 2.98. The summed E-state index contributed by atoms with van der Waals surface area (Å²) in [6.45, 7) is 3.49. The van der Waals surface area contributed by atoms with Gasteiger partial charge >= 0.3 is 6.03 Å². The van der Waals surface area contributed by atoms with Crippen LogP contribution in [0.4, 0.5) is 20.6 Å². The Morgan fingerprint density at radius 1 is 1.00 bits per heavy atom. The summed E-state index contributed by atoms with van der Waals surface area (Å²) in [4.78, 5) is 30.7. The number of amides is 3. The zero-order chi connectivity index (χ0) is 22.1. The number of rotatable bonds is 3. The van der Waals surface area contributed by atoms with Crippen LogP contribution in [0, 0.1) is 5.82 Å². The summed E-state index contributed by atoms with van der Waals surface area (Å²) >= 11 is 0. The Hall–Kier alpha value is -3.49. The molecule has 168 valence electrons. The molecule has 2 aromatic rings. The molecule has 2 saturated heterocycles. The molecule has 9 heteroatoms. The molecule has 1 N–H and O–H groups in total. The Bertz CT molecular complexity index is 1020. The highest BCUT2D eigenvalue weighted by atomic mass is 19.1. The fraction of sp³-hybridized carbons (Fsp3) is 0.391. The van der Waals surface area contributed by atoms with E-state index in [9.17, 15) is 14.0 Å². The Morgan fingerprint density at radius 2 is 1.75 bits per heavy atom. The van der Waals surface area contributed by atoms with E-state index in [0.717, 1.165) is 5.69 Å². The summed E-state index contributed by atoms with van der Waals surface area (Å²) in [7, 11) is 0. The number of nitrogens with one attached hydrogen (secondary N) is 1. The van der Waals surface area contributed by atoms with Crippen LogP contribution in [0.3, 0.4) is 0 Å². The van der Waals surface area contributed by atoms with Crippen LogP contribution in [-0.4, -0.2) is 68.8 Å². The molecule has 0 bridgehead atoms. The second kappa shape index (κ2) is 8.57. The van der Waals surface area contributed by atoms with Crippen molar-refractivity contribution in [2.24, 2.45) is 0 Å². The minimum atomic E-state index is -0.271. The largest absolute Gasteiger partial charge is 0.486 e. The van der Waals surface area contributed by atoms with Gasteiger partial charge in [-0.15, -0.1) is 0 Å². The van der Waals surface area contributed by atoms with E-state index in [4.69, 9.17) is 9.47 Å². The standard InChI is InChI=1S/C23H25FN4O4/c24-18-3-1-2-4-19(18)26-7-9-27(10-8-26)23(30)25-16-13-22(29)28(15-16)17-5-6-20-21(14-17)32-12-11-31-20/h1-6,14,16H,7-13,15H2,(H,25,30). The van der Waals surface area contributed by atoms with E-state index in [0.29, 0.717) is 63.1 Å². The van der Waals surface area contributed by atoms with Crippen LogP contribution in [0.1, 0.15) is 6.42 Å². The summed E-state index contributed by atoms with van der Waals surface area (Å²) in [6.07, 6.45) is 0.245. The third kappa shape index (κ3) is 4.02. The number of benzene rings is 2. The number of piperazine rings is 1. The number of hydrogen-bond donors (Lipinski definition) is 1. The molecule has 32 heavy (non-hydrogen) atoms. The molecule has 1 unspecified atom stereocenters. The predicted octanol–water partition coefficient (Wildman–Crippen LogP) is 2.23. The van der Waals surface area contributed by atoms with E-state index in [1.165, 1.54) is 6.07 Å². The highest BCUT2D eigenvalue weighted by molar-refractivity contribution is 5.97. The van der Waals surface area contributed by atoms with Gasteiger partial charge in [0.25, 0.3) is 0 Å². The number of fused-ring (bicyclic) bond motifs is 1. The quantitative estimate of drug-likeness (QED) is 0.793. The minimum Gasteiger partial charge on any atom is -0.486 e. The van der Waals surface area contributed by atoms with E-state index in [1.54, 1.807) is 34.1 Å². The maximum atomic E-state index is 14.0. The molecule has 3 aliphatic heterocycles. The lowest BCUT2D eigenvalue weighted by Gasteiger charge is -2.36. The fourth-order valence-corrected chi connectivity index (χ4v) is 4.38. The molecular formula is C23H25FN4O4. The molecular weight excluding hydrogens is 415 g/mol. The highest BCUT2D eigenvalue weighted by Gasteiger charge is 2.33. The molecule has 8 nitrogen and oxygen atoms in total. The van der Waals surface area contributed by atoms with Crippen molar-refractivity contribution in [3.63, 3.8) is 0 Å². The number of nitrogens with zero attached hydrogens (tertiary/aromatic N) is 3. The predicted molar refractivity (Wildman–Crippen MR) is 117 cm³/mol. The van der Waals surface area contributed by atoms with Gasteiger partial charge in [-0.05, 0) is 24.3 Å². The summed E-state index contributed by atoms with van der Waals surface area (Å²) in [6, 6.07) is 11.6. The fourth-order valence-electron chi connectivity index (χ4n) is 4.38. The van der Waals surface area contributed by atoms with Crippen LogP contribution in [0.5, 0.6) is 11.5 Å². The first-order chi connectivity index (χ1) is 15.6. The molecule has 0 saturated carbocycles. The number of anilines is 2. The van der Waals surface area contributed by atoms with Crippen LogP contribution < -0.4 is 24.6 Å². The molecule has 0 radical (unpaired) electrons. The molecule has 1 atom stereocenters. The molecule has 0 spiro atoms. The van der Waals surface area contributed by atoms with Gasteiger partial charge in [-0.3, -0.25) is 4.79 Å². The van der Waals surface area contributed by atoms with Crippen molar-refractivity contribution < 1.29 is 23.5 Å². The van der Waals surface area contributed by atoms with Crippen molar-refractivity contribution in [2.45, 2.75) is 12.5 Å². The average molecular weight is 440 g/mol. The van der Waals surface area contributed by atoms with Gasteiger partial charge in [0.15, 0.2) is 11.5 Å². The van der Waals surface area contributed by atoms with Crippen LogP contribution >= 0.6 is 0 Å². The molecule has 0 aromatic heterocycles. The van der Waals surface area contributed by atoms with Crippen molar-refractivity contribution >= 4 is 23.3 Å². The second-order valence-electron chi connectivity index (χ2n) is 8.11. The van der Waals surface area contributed by atoms with Crippen molar-refractivity contribution in [2.75, 3.05) is 55.7 Å². The first-order valence-electron chi connectivity index (χ1n) is 10.8. The maximum Gasteiger partial charge on any atom is 0.317 e. The molecule has 5 rings (SSSR count). The Morgan fingerprint density at radius 3 is 2.53 bits per heavy atom. The van der Waals surface area contributed by atoms with Crippen LogP contribution in [0.15, 0.2) is 42.5 Å². The number of ether oxygens (including phenoxy) is 2. The second-order valence-corrected chi connectivity index (χ2v) is 8.11. The molecule has 0 aliphatic carbocycles. The molecule has 3 aliphatic rings. The lowest BCUT2D eigenvalue weighted by Crippen LogP contribution is -2.54. The van der Waals surface area contributed by atoms with E-state index in [1.807, 2.05) is 17.0 Å². The third-order valence-corrected chi connectivity index (χ3v) is 6.05. The van der Waals surface area contributed by atoms with Gasteiger partial charge in [0, 0.05) is 50.9 Å². The van der Waals surface area contributed by atoms with Gasteiger partial charge in [-0.25, -0.2) is 9.18 Å². The zero-order valence-electron chi connectivity index (χ0n) is 17.6. The highest BCUT2D eigenvalue weighted by Crippen LogP contribution is 2.35. The van der Waals surface area contributed by atoms with Crippen LogP contribution in [0.2, 0.25) is 0 Å². The average Bonchev–Trinajstić information content (AvgIpc) is 3.19. The number of carbonyl (C=O) groups is 2. The lowest BCUT2D eigenvalue weighted by molar-refractivity contribution is -0.117. The maximum absolute atomic E-state index is 14.0. The topological polar surface area (TPSA) is 74.3 Å². The van der Waals surface area contributed by atoms with Gasteiger partial charge < -0.3 is 29.5 Å². The summed E-state index contributed by atoms with van der Waals surface area (Å²) in [5.41, 5.74) is 1.29. The third-order valence-electron chi connectivity index (χ3n) is 6.05. The van der Waals surface area contributed by atoms with Crippen molar-refractivity contribution in [1.82, 2.24) is 10.2 Å². The molecule has 3 amide bonds. The number of urea groups is 1. The first kappa shape index (κ1) is 20.4. The number of hydrogen-bond acceptors (Lipinski definition) is 5. The van der Waals surface area contributed by atoms with E-state index < -0.39 is 0 Å². The van der Waals surface area contributed by atoms with Gasteiger partial charge in [0.1, 0.15) is 19.0 Å². The smallest absolute Gasteiger partial charge is 0.317 e. The van der Waals surface area contributed by atoms with Gasteiger partial charge in [0.2, 0.25) is 5.91 Å². The minimum absolute atomic E-state index is 0.0450. The number of carbonyl (C=O) groups excluding carboxylic acids is 2. The van der Waals surface area contributed by atoms with Gasteiger partial charge in [-0.2, -0.15) is 0 Å². The summed E-state index contributed by atoms with van der Waals surface area (Å²) < 4.78 is 25.2. The van der Waals surface area contributed by atoms with E-state index in [-0.39, 0.29) is 30.2 Å². The summed E-state index contributed by atoms with van der Waals surface area (Å²) in [5.74, 6) is 0.998. The lowest BCUT2D eigenvalue weighted by atomic mass is 10.2. The monoisotopic (exact) mass is 440 g/mol. The SMILES string of the molecule is O=C(NC1CC(=O)N(c2ccc3c(c2)OCCO3)C1)N1CCN(c2ccccc2F)CC1. The van der Waals surface area contributed by atoms with Crippen molar-refractivity contribution in [1.29, 1.82) is 0 Å².